The van der Waals surface area contributed by atoms with Crippen LogP contribution < -0.4 is 14.4 Å². The molecular formula is C21H18BrNO5S2. The molecule has 9 heteroatoms. The number of halogens is 1. The molecule has 0 spiro atoms. The van der Waals surface area contributed by atoms with E-state index in [4.69, 9.17) is 21.7 Å². The molecule has 0 radical (unpaired) electrons. The molecule has 156 valence electrons. The van der Waals surface area contributed by atoms with Crippen LogP contribution >= 0.6 is 39.9 Å². The highest BCUT2D eigenvalue weighted by atomic mass is 79.9. The van der Waals surface area contributed by atoms with Crippen LogP contribution in [0.2, 0.25) is 0 Å². The number of methoxy groups -OCH3 is 1. The molecule has 0 saturated carbocycles. The molecule has 0 unspecified atom stereocenters. The Morgan fingerprint density at radius 2 is 1.90 bits per heavy atom. The number of carbonyl (C=O) groups excluding carboxylic acids is 2. The van der Waals surface area contributed by atoms with Gasteiger partial charge in [0.15, 0.2) is 22.4 Å². The number of esters is 1. The van der Waals surface area contributed by atoms with E-state index in [-0.39, 0.29) is 12.5 Å². The summed E-state index contributed by atoms with van der Waals surface area (Å²) in [6.45, 7) is 2.05. The summed E-state index contributed by atoms with van der Waals surface area (Å²) in [6, 6.07) is 12.6. The molecule has 2 aromatic rings. The Labute approximate surface area is 192 Å². The molecule has 30 heavy (non-hydrogen) atoms. The molecule has 0 N–H and O–H groups in total. The second kappa shape index (κ2) is 10.1. The van der Waals surface area contributed by atoms with E-state index in [0.29, 0.717) is 33.0 Å². The number of benzene rings is 2. The normalized spacial score (nSPS) is 14.9. The van der Waals surface area contributed by atoms with Crippen molar-refractivity contribution in [2.75, 3.05) is 25.2 Å². The first-order valence-electron chi connectivity index (χ1n) is 8.93. The van der Waals surface area contributed by atoms with Crippen LogP contribution in [0.1, 0.15) is 12.5 Å². The van der Waals surface area contributed by atoms with Gasteiger partial charge in [0.1, 0.15) is 0 Å². The van der Waals surface area contributed by atoms with Crippen LogP contribution in [0.15, 0.2) is 51.8 Å². The molecule has 0 bridgehead atoms. The van der Waals surface area contributed by atoms with Gasteiger partial charge in [-0.25, -0.2) is 4.79 Å². The lowest BCUT2D eigenvalue weighted by molar-refractivity contribution is -0.142. The molecule has 3 rings (SSSR count). The van der Waals surface area contributed by atoms with Gasteiger partial charge in [0.25, 0.3) is 5.91 Å². The molecule has 0 aliphatic carbocycles. The third-order valence-electron chi connectivity index (χ3n) is 4.02. The number of nitrogens with zero attached hydrogens (tertiary/aromatic N) is 1. The van der Waals surface area contributed by atoms with Gasteiger partial charge < -0.3 is 14.2 Å². The second-order valence-corrected chi connectivity index (χ2v) is 8.59. The Kier molecular flexibility index (Phi) is 7.52. The highest BCUT2D eigenvalue weighted by Gasteiger charge is 2.33. The van der Waals surface area contributed by atoms with Gasteiger partial charge in [-0.3, -0.25) is 9.69 Å². The van der Waals surface area contributed by atoms with Crippen molar-refractivity contribution in [1.82, 2.24) is 0 Å². The molecule has 1 aliphatic heterocycles. The summed E-state index contributed by atoms with van der Waals surface area (Å²) < 4.78 is 17.1. The van der Waals surface area contributed by atoms with Gasteiger partial charge in [-0.1, -0.05) is 46.0 Å². The predicted molar refractivity (Wildman–Crippen MR) is 125 cm³/mol. The van der Waals surface area contributed by atoms with Crippen molar-refractivity contribution < 1.29 is 23.8 Å². The van der Waals surface area contributed by atoms with E-state index in [2.05, 4.69) is 20.7 Å². The SMILES string of the molecule is CCOc1cc(/C=C2/SC(=S)N(c3ccc(Br)cc3)C2=O)ccc1OCC(=O)OC. The van der Waals surface area contributed by atoms with Crippen molar-refractivity contribution >= 4 is 67.9 Å². The zero-order valence-electron chi connectivity index (χ0n) is 16.2. The van der Waals surface area contributed by atoms with Gasteiger partial charge in [0, 0.05) is 4.47 Å². The first-order chi connectivity index (χ1) is 14.4. The molecule has 2 aromatic carbocycles. The quantitative estimate of drug-likeness (QED) is 0.302. The largest absolute Gasteiger partial charge is 0.490 e. The van der Waals surface area contributed by atoms with Crippen molar-refractivity contribution in [3.8, 4) is 11.5 Å². The number of hydrogen-bond donors (Lipinski definition) is 0. The molecule has 1 fully saturated rings. The summed E-state index contributed by atoms with van der Waals surface area (Å²) in [5.41, 5.74) is 1.46. The third kappa shape index (κ3) is 5.21. The summed E-state index contributed by atoms with van der Waals surface area (Å²) in [5.74, 6) is 0.217. The lowest BCUT2D eigenvalue weighted by atomic mass is 10.1. The van der Waals surface area contributed by atoms with Gasteiger partial charge >= 0.3 is 5.97 Å². The molecule has 1 saturated heterocycles. The third-order valence-corrected chi connectivity index (χ3v) is 5.85. The van der Waals surface area contributed by atoms with Crippen LogP contribution in [0.3, 0.4) is 0 Å². The maximum atomic E-state index is 12.9. The monoisotopic (exact) mass is 507 g/mol. The summed E-state index contributed by atoms with van der Waals surface area (Å²) in [7, 11) is 1.29. The average molecular weight is 508 g/mol. The lowest BCUT2D eigenvalue weighted by Crippen LogP contribution is -2.27. The van der Waals surface area contributed by atoms with Crippen LogP contribution in [0.5, 0.6) is 11.5 Å². The van der Waals surface area contributed by atoms with E-state index in [1.165, 1.54) is 23.8 Å². The number of carbonyl (C=O) groups is 2. The number of thiocarbonyl (C=S) groups is 1. The van der Waals surface area contributed by atoms with E-state index in [1.54, 1.807) is 24.3 Å². The standard InChI is InChI=1S/C21H18BrNO5S2/c1-3-27-17-10-13(4-9-16(17)28-12-19(24)26-2)11-18-20(25)23(21(29)30-18)15-7-5-14(22)6-8-15/h4-11H,3,12H2,1-2H3/b18-11+. The number of ether oxygens (including phenoxy) is 3. The molecule has 1 amide bonds. The average Bonchev–Trinajstić information content (AvgIpc) is 3.01. The van der Waals surface area contributed by atoms with E-state index >= 15 is 0 Å². The van der Waals surface area contributed by atoms with Crippen molar-refractivity contribution in [2.45, 2.75) is 6.92 Å². The molecule has 1 aliphatic rings. The van der Waals surface area contributed by atoms with Gasteiger partial charge in [0.2, 0.25) is 0 Å². The predicted octanol–water partition coefficient (Wildman–Crippen LogP) is 4.81. The van der Waals surface area contributed by atoms with Crippen LogP contribution in [-0.4, -0.2) is 36.5 Å². The van der Waals surface area contributed by atoms with Crippen molar-refractivity contribution in [2.24, 2.45) is 0 Å². The summed E-state index contributed by atoms with van der Waals surface area (Å²) in [6.07, 6.45) is 1.75. The summed E-state index contributed by atoms with van der Waals surface area (Å²) in [5, 5.41) is 0. The fourth-order valence-corrected chi connectivity index (χ4v) is 4.19. The van der Waals surface area contributed by atoms with E-state index in [1.807, 2.05) is 31.2 Å². The minimum absolute atomic E-state index is 0.184. The number of thioether (sulfide) groups is 1. The Morgan fingerprint density at radius 3 is 2.57 bits per heavy atom. The fourth-order valence-electron chi connectivity index (χ4n) is 2.63. The molecule has 0 atom stereocenters. The molecule has 1 heterocycles. The van der Waals surface area contributed by atoms with Crippen molar-refractivity contribution in [1.29, 1.82) is 0 Å². The van der Waals surface area contributed by atoms with Gasteiger partial charge in [-0.2, -0.15) is 0 Å². The highest BCUT2D eigenvalue weighted by Crippen LogP contribution is 2.37. The Morgan fingerprint density at radius 1 is 1.17 bits per heavy atom. The van der Waals surface area contributed by atoms with E-state index < -0.39 is 5.97 Å². The van der Waals surface area contributed by atoms with Crippen LogP contribution in [0, 0.1) is 0 Å². The van der Waals surface area contributed by atoms with Crippen LogP contribution in [-0.2, 0) is 14.3 Å². The molecule has 6 nitrogen and oxygen atoms in total. The Hall–Kier alpha value is -2.36. The number of hydrogen-bond acceptors (Lipinski definition) is 7. The number of amides is 1. The van der Waals surface area contributed by atoms with Crippen LogP contribution in [0.25, 0.3) is 6.08 Å². The van der Waals surface area contributed by atoms with Gasteiger partial charge in [-0.15, -0.1) is 0 Å². The Bertz CT molecular complexity index is 1010. The number of rotatable bonds is 7. The number of anilines is 1. The topological polar surface area (TPSA) is 65.1 Å². The zero-order chi connectivity index (χ0) is 21.7. The molecule has 0 aromatic heterocycles. The Balaban J connectivity index is 1.84. The smallest absolute Gasteiger partial charge is 0.343 e. The first-order valence-corrected chi connectivity index (χ1v) is 10.9. The first kappa shape index (κ1) is 22.3. The fraction of sp³-hybridized carbons (Fsp3) is 0.190. The second-order valence-electron chi connectivity index (χ2n) is 6.00. The lowest BCUT2D eigenvalue weighted by Gasteiger charge is -2.14. The van der Waals surface area contributed by atoms with Crippen molar-refractivity contribution in [3.63, 3.8) is 0 Å². The van der Waals surface area contributed by atoms with Gasteiger partial charge in [-0.05, 0) is 55.0 Å². The van der Waals surface area contributed by atoms with Crippen molar-refractivity contribution in [3.05, 3.63) is 57.4 Å². The summed E-state index contributed by atoms with van der Waals surface area (Å²) >= 11 is 10.0. The minimum Gasteiger partial charge on any atom is -0.490 e. The summed E-state index contributed by atoms with van der Waals surface area (Å²) in [4.78, 5) is 26.3. The van der Waals surface area contributed by atoms with E-state index in [9.17, 15) is 9.59 Å². The van der Waals surface area contributed by atoms with Crippen LogP contribution in [0.4, 0.5) is 5.69 Å². The minimum atomic E-state index is -0.488. The maximum absolute atomic E-state index is 12.9. The molecular weight excluding hydrogens is 490 g/mol. The highest BCUT2D eigenvalue weighted by molar-refractivity contribution is 9.10. The maximum Gasteiger partial charge on any atom is 0.343 e. The van der Waals surface area contributed by atoms with Gasteiger partial charge in [0.05, 0.1) is 24.3 Å². The zero-order valence-corrected chi connectivity index (χ0v) is 19.4. The van der Waals surface area contributed by atoms with E-state index in [0.717, 1.165) is 10.0 Å².